The molecule has 0 saturated carbocycles. The Morgan fingerprint density at radius 1 is 1.09 bits per heavy atom. The SMILES string of the molecule is CCCN1C(=O)C(CC(=O)Nc2ccc(OC)cc2OC)SC1=Nc1cccc2ccccc12. The van der Waals surface area contributed by atoms with Crippen molar-refractivity contribution >= 4 is 50.9 Å². The van der Waals surface area contributed by atoms with Gasteiger partial charge in [-0.3, -0.25) is 14.5 Å². The average Bonchev–Trinajstić information content (AvgIpc) is 3.13. The fourth-order valence-electron chi connectivity index (χ4n) is 3.83. The Labute approximate surface area is 203 Å². The third kappa shape index (κ3) is 5.02. The summed E-state index contributed by atoms with van der Waals surface area (Å²) in [6.07, 6.45) is 0.830. The van der Waals surface area contributed by atoms with Gasteiger partial charge in [0.15, 0.2) is 5.17 Å². The molecule has 4 rings (SSSR count). The van der Waals surface area contributed by atoms with Crippen molar-refractivity contribution in [2.45, 2.75) is 25.0 Å². The molecule has 3 aromatic carbocycles. The molecule has 1 aliphatic heterocycles. The number of hydrogen-bond donors (Lipinski definition) is 1. The molecule has 1 atom stereocenters. The van der Waals surface area contributed by atoms with Gasteiger partial charge in [-0.25, -0.2) is 4.99 Å². The summed E-state index contributed by atoms with van der Waals surface area (Å²) in [5, 5.41) is 5.05. The van der Waals surface area contributed by atoms with Gasteiger partial charge in [-0.15, -0.1) is 0 Å². The third-order valence-corrected chi connectivity index (χ3v) is 6.68. The van der Waals surface area contributed by atoms with E-state index in [9.17, 15) is 9.59 Å². The van der Waals surface area contributed by atoms with Crippen LogP contribution in [0.4, 0.5) is 11.4 Å². The molecule has 0 radical (unpaired) electrons. The number of carbonyl (C=O) groups excluding carboxylic acids is 2. The van der Waals surface area contributed by atoms with Gasteiger partial charge in [0, 0.05) is 24.4 Å². The molecular formula is C26H27N3O4S. The molecule has 0 aliphatic carbocycles. The van der Waals surface area contributed by atoms with Gasteiger partial charge in [-0.2, -0.15) is 0 Å². The Balaban J connectivity index is 1.54. The van der Waals surface area contributed by atoms with Gasteiger partial charge >= 0.3 is 0 Å². The first-order valence-electron chi connectivity index (χ1n) is 11.1. The number of anilines is 1. The largest absolute Gasteiger partial charge is 0.497 e. The Morgan fingerprint density at radius 2 is 1.88 bits per heavy atom. The van der Waals surface area contributed by atoms with Gasteiger partial charge in [0.1, 0.15) is 16.7 Å². The molecule has 0 aromatic heterocycles. The molecule has 3 aromatic rings. The summed E-state index contributed by atoms with van der Waals surface area (Å²) in [5.74, 6) is 0.754. The average molecular weight is 478 g/mol. The number of hydrogen-bond acceptors (Lipinski definition) is 6. The van der Waals surface area contributed by atoms with Gasteiger partial charge < -0.3 is 14.8 Å². The summed E-state index contributed by atoms with van der Waals surface area (Å²) in [6.45, 7) is 2.57. The quantitative estimate of drug-likeness (QED) is 0.481. The molecule has 176 valence electrons. The second kappa shape index (κ2) is 10.6. The zero-order chi connectivity index (χ0) is 24.1. The highest BCUT2D eigenvalue weighted by molar-refractivity contribution is 8.15. The standard InChI is InChI=1S/C26H27N3O4S/c1-4-14-29-25(31)23(16-24(30)27-21-13-12-18(32-2)15-22(21)33-3)34-26(29)28-20-11-7-9-17-8-5-6-10-19(17)20/h5-13,15,23H,4,14,16H2,1-3H3,(H,27,30). The van der Waals surface area contributed by atoms with Gasteiger partial charge in [0.25, 0.3) is 0 Å². The first-order valence-corrected chi connectivity index (χ1v) is 12.0. The van der Waals surface area contributed by atoms with E-state index >= 15 is 0 Å². The maximum absolute atomic E-state index is 13.2. The lowest BCUT2D eigenvalue weighted by molar-refractivity contribution is -0.128. The second-order valence-electron chi connectivity index (χ2n) is 7.81. The van der Waals surface area contributed by atoms with E-state index < -0.39 is 5.25 Å². The highest BCUT2D eigenvalue weighted by Gasteiger charge is 2.38. The second-order valence-corrected chi connectivity index (χ2v) is 8.98. The smallest absolute Gasteiger partial charge is 0.242 e. The van der Waals surface area contributed by atoms with Crippen molar-refractivity contribution in [2.24, 2.45) is 4.99 Å². The minimum atomic E-state index is -0.537. The van der Waals surface area contributed by atoms with Crippen LogP contribution < -0.4 is 14.8 Å². The van der Waals surface area contributed by atoms with E-state index in [-0.39, 0.29) is 18.2 Å². The third-order valence-electron chi connectivity index (χ3n) is 5.50. The van der Waals surface area contributed by atoms with Gasteiger partial charge in [-0.1, -0.05) is 55.1 Å². The zero-order valence-electron chi connectivity index (χ0n) is 19.4. The van der Waals surface area contributed by atoms with E-state index in [2.05, 4.69) is 5.32 Å². The lowest BCUT2D eigenvalue weighted by Gasteiger charge is -2.15. The number of nitrogens with one attached hydrogen (secondary N) is 1. The predicted octanol–water partition coefficient (Wildman–Crippen LogP) is 5.23. The first-order chi connectivity index (χ1) is 16.5. The number of nitrogens with zero attached hydrogens (tertiary/aromatic N) is 2. The monoisotopic (exact) mass is 477 g/mol. The van der Waals surface area contributed by atoms with Crippen molar-refractivity contribution in [2.75, 3.05) is 26.1 Å². The number of methoxy groups -OCH3 is 2. The van der Waals surface area contributed by atoms with E-state index in [4.69, 9.17) is 14.5 Å². The van der Waals surface area contributed by atoms with Crippen LogP contribution in [-0.4, -0.2) is 47.9 Å². The number of carbonyl (C=O) groups is 2. The summed E-state index contributed by atoms with van der Waals surface area (Å²) in [4.78, 5) is 32.5. The van der Waals surface area contributed by atoms with Gasteiger partial charge in [0.05, 0.1) is 25.6 Å². The molecule has 8 heteroatoms. The van der Waals surface area contributed by atoms with Crippen molar-refractivity contribution in [3.05, 3.63) is 60.7 Å². The molecule has 7 nitrogen and oxygen atoms in total. The Morgan fingerprint density at radius 3 is 2.65 bits per heavy atom. The van der Waals surface area contributed by atoms with Crippen LogP contribution in [0.5, 0.6) is 11.5 Å². The number of benzene rings is 3. The number of thioether (sulfide) groups is 1. The van der Waals surface area contributed by atoms with Gasteiger partial charge in [0.2, 0.25) is 11.8 Å². The molecule has 1 unspecified atom stereocenters. The van der Waals surface area contributed by atoms with Crippen molar-refractivity contribution in [3.8, 4) is 11.5 Å². The van der Waals surface area contributed by atoms with E-state index in [1.165, 1.54) is 18.9 Å². The highest BCUT2D eigenvalue weighted by atomic mass is 32.2. The molecule has 1 aliphatic rings. The normalized spacial score (nSPS) is 16.8. The molecule has 1 fully saturated rings. The summed E-state index contributed by atoms with van der Waals surface area (Å²) < 4.78 is 10.6. The Kier molecular flexibility index (Phi) is 7.37. The van der Waals surface area contributed by atoms with Crippen LogP contribution in [-0.2, 0) is 9.59 Å². The van der Waals surface area contributed by atoms with Crippen LogP contribution in [0.1, 0.15) is 19.8 Å². The number of fused-ring (bicyclic) bond motifs is 1. The van der Waals surface area contributed by atoms with E-state index in [0.29, 0.717) is 28.9 Å². The molecule has 1 saturated heterocycles. The predicted molar refractivity (Wildman–Crippen MR) is 137 cm³/mol. The van der Waals surface area contributed by atoms with Crippen LogP contribution in [0.25, 0.3) is 10.8 Å². The van der Waals surface area contributed by atoms with Crippen LogP contribution >= 0.6 is 11.8 Å². The topological polar surface area (TPSA) is 80.2 Å². The number of ether oxygens (including phenoxy) is 2. The molecule has 0 bridgehead atoms. The Hall–Kier alpha value is -3.52. The van der Waals surface area contributed by atoms with Crippen LogP contribution in [0.3, 0.4) is 0 Å². The lowest BCUT2D eigenvalue weighted by Crippen LogP contribution is -2.34. The zero-order valence-corrected chi connectivity index (χ0v) is 20.2. The fraction of sp³-hybridized carbons (Fsp3) is 0.269. The maximum Gasteiger partial charge on any atom is 0.242 e. The molecule has 2 amide bonds. The van der Waals surface area contributed by atoms with E-state index in [1.807, 2.05) is 49.4 Å². The first kappa shape index (κ1) is 23.6. The minimum absolute atomic E-state index is 0.0352. The molecular weight excluding hydrogens is 450 g/mol. The maximum atomic E-state index is 13.2. The summed E-state index contributed by atoms with van der Waals surface area (Å²) in [6, 6.07) is 19.1. The van der Waals surface area contributed by atoms with Crippen molar-refractivity contribution < 1.29 is 19.1 Å². The minimum Gasteiger partial charge on any atom is -0.497 e. The molecule has 1 N–H and O–H groups in total. The van der Waals surface area contributed by atoms with Crippen molar-refractivity contribution in [1.29, 1.82) is 0 Å². The number of aliphatic imine (C=N–C) groups is 1. The van der Waals surface area contributed by atoms with Crippen molar-refractivity contribution in [1.82, 2.24) is 4.90 Å². The van der Waals surface area contributed by atoms with Crippen molar-refractivity contribution in [3.63, 3.8) is 0 Å². The number of amides is 2. The summed E-state index contributed by atoms with van der Waals surface area (Å²) in [5.41, 5.74) is 1.33. The molecule has 0 spiro atoms. The fourth-order valence-corrected chi connectivity index (χ4v) is 5.01. The van der Waals surface area contributed by atoms with Crippen LogP contribution in [0.15, 0.2) is 65.7 Å². The Bertz CT molecular complexity index is 1240. The lowest BCUT2D eigenvalue weighted by atomic mass is 10.1. The van der Waals surface area contributed by atoms with E-state index in [0.717, 1.165) is 22.9 Å². The summed E-state index contributed by atoms with van der Waals surface area (Å²) in [7, 11) is 3.09. The van der Waals surface area contributed by atoms with Crippen LogP contribution in [0, 0.1) is 0 Å². The number of amidine groups is 1. The highest BCUT2D eigenvalue weighted by Crippen LogP contribution is 2.35. The van der Waals surface area contributed by atoms with Gasteiger partial charge in [-0.05, 0) is 30.0 Å². The number of rotatable bonds is 8. The van der Waals surface area contributed by atoms with Crippen LogP contribution in [0.2, 0.25) is 0 Å². The summed E-state index contributed by atoms with van der Waals surface area (Å²) >= 11 is 1.34. The van der Waals surface area contributed by atoms with E-state index in [1.54, 1.807) is 30.2 Å². The molecule has 34 heavy (non-hydrogen) atoms. The molecule has 1 heterocycles.